The Balaban J connectivity index is 2.30. The summed E-state index contributed by atoms with van der Waals surface area (Å²) in [6.07, 6.45) is -0.662. The zero-order chi connectivity index (χ0) is 25.9. The minimum absolute atomic E-state index is 0.0465. The molecule has 0 bridgehead atoms. The van der Waals surface area contributed by atoms with Crippen LogP contribution in [0.5, 0.6) is 0 Å². The van der Waals surface area contributed by atoms with E-state index in [0.29, 0.717) is 19.8 Å². The first-order valence-electron chi connectivity index (χ1n) is 12.4. The first-order valence-corrected chi connectivity index (χ1v) is 15.3. The predicted molar refractivity (Wildman–Crippen MR) is 139 cm³/mol. The number of amides is 1. The lowest BCUT2D eigenvalue weighted by Crippen LogP contribution is -2.55. The van der Waals surface area contributed by atoms with E-state index < -0.39 is 19.6 Å². The van der Waals surface area contributed by atoms with Crippen LogP contribution in [0.4, 0.5) is 4.79 Å². The number of hydrogen-bond acceptors (Lipinski definition) is 5. The highest BCUT2D eigenvalue weighted by Crippen LogP contribution is 2.38. The first kappa shape index (κ1) is 28.8. The van der Waals surface area contributed by atoms with Crippen LogP contribution in [-0.2, 0) is 25.2 Å². The van der Waals surface area contributed by atoms with Crippen molar-refractivity contribution in [2.75, 3.05) is 13.2 Å². The van der Waals surface area contributed by atoms with Gasteiger partial charge in [0, 0.05) is 12.5 Å². The number of nitrogens with zero attached hydrogens (tertiary/aromatic N) is 1. The monoisotopic (exact) mass is 493 g/mol. The maximum Gasteiger partial charge on any atom is 0.412 e. The van der Waals surface area contributed by atoms with E-state index in [0.717, 1.165) is 5.56 Å². The second kappa shape index (κ2) is 10.7. The average molecular weight is 494 g/mol. The van der Waals surface area contributed by atoms with Crippen molar-refractivity contribution >= 4 is 14.4 Å². The fourth-order valence-electron chi connectivity index (χ4n) is 3.81. The Morgan fingerprint density at radius 2 is 1.74 bits per heavy atom. The van der Waals surface area contributed by atoms with Crippen LogP contribution in [0.1, 0.15) is 67.9 Å². The topological polar surface area (TPSA) is 57.2 Å². The third-order valence-electron chi connectivity index (χ3n) is 6.85. The van der Waals surface area contributed by atoms with E-state index in [-0.39, 0.29) is 29.2 Å². The summed E-state index contributed by atoms with van der Waals surface area (Å²) < 4.78 is 25.0. The molecule has 1 aliphatic rings. The third kappa shape index (κ3) is 7.54. The first-order chi connectivity index (χ1) is 15.4. The Morgan fingerprint density at radius 1 is 1.15 bits per heavy atom. The fourth-order valence-corrected chi connectivity index (χ4v) is 4.93. The lowest BCUT2D eigenvalue weighted by molar-refractivity contribution is -0.0839. The van der Waals surface area contributed by atoms with Crippen molar-refractivity contribution in [1.29, 1.82) is 0 Å². The lowest BCUT2D eigenvalue weighted by Gasteiger charge is -2.41. The molecule has 1 aromatic carbocycles. The largest absolute Gasteiger partial charge is 0.444 e. The zero-order valence-corrected chi connectivity index (χ0v) is 24.2. The van der Waals surface area contributed by atoms with Crippen LogP contribution in [0.25, 0.3) is 0 Å². The van der Waals surface area contributed by atoms with Crippen LogP contribution in [0.15, 0.2) is 30.3 Å². The number of benzene rings is 1. The molecule has 0 N–H and O–H groups in total. The molecule has 34 heavy (non-hydrogen) atoms. The van der Waals surface area contributed by atoms with Crippen molar-refractivity contribution in [2.45, 2.75) is 111 Å². The van der Waals surface area contributed by atoms with Gasteiger partial charge in [-0.2, -0.15) is 0 Å². The van der Waals surface area contributed by atoms with E-state index in [9.17, 15) is 4.79 Å². The molecular formula is C27H47NO5Si. The molecule has 0 unspecified atom stereocenters. The van der Waals surface area contributed by atoms with Gasteiger partial charge in [-0.25, -0.2) is 4.79 Å². The summed E-state index contributed by atoms with van der Waals surface area (Å²) in [7, 11) is -1.93. The maximum atomic E-state index is 13.3. The molecule has 1 fully saturated rings. The minimum Gasteiger partial charge on any atom is -0.444 e. The van der Waals surface area contributed by atoms with E-state index in [2.05, 4.69) is 52.9 Å². The average Bonchev–Trinajstić information content (AvgIpc) is 3.00. The van der Waals surface area contributed by atoms with Gasteiger partial charge in [0.05, 0.1) is 25.4 Å². The molecule has 1 heterocycles. The van der Waals surface area contributed by atoms with Crippen molar-refractivity contribution in [3.63, 3.8) is 0 Å². The van der Waals surface area contributed by atoms with Gasteiger partial charge in [-0.05, 0) is 58.3 Å². The maximum absolute atomic E-state index is 13.3. The highest BCUT2D eigenvalue weighted by Gasteiger charge is 2.50. The molecule has 3 atom stereocenters. The molecule has 1 aliphatic heterocycles. The van der Waals surface area contributed by atoms with Gasteiger partial charge in [-0.1, -0.05) is 58.0 Å². The molecule has 2 rings (SSSR count). The van der Waals surface area contributed by atoms with Crippen LogP contribution in [0, 0.1) is 5.92 Å². The van der Waals surface area contributed by atoms with Gasteiger partial charge in [0.15, 0.2) is 8.32 Å². The Hall–Kier alpha value is -1.41. The number of carbonyl (C=O) groups excluding carboxylic acids is 1. The Bertz CT molecular complexity index is 797. The SMILES string of the molecule is C[C@H](CO[Si](C)(C)C(C)(C)C)[C@@H](OCc1ccccc1)[C@@H]1COC(C)(C)N1C(=O)OC(C)(C)C. The van der Waals surface area contributed by atoms with Gasteiger partial charge < -0.3 is 18.6 Å². The molecular weight excluding hydrogens is 446 g/mol. The van der Waals surface area contributed by atoms with E-state index in [1.54, 1.807) is 4.90 Å². The summed E-state index contributed by atoms with van der Waals surface area (Å²) in [5, 5.41) is 0.119. The number of carbonyl (C=O) groups is 1. The van der Waals surface area contributed by atoms with Gasteiger partial charge >= 0.3 is 6.09 Å². The summed E-state index contributed by atoms with van der Waals surface area (Å²) in [6, 6.07) is 9.82. The summed E-state index contributed by atoms with van der Waals surface area (Å²) in [6.45, 7) is 24.2. The number of ether oxygens (including phenoxy) is 3. The summed E-state index contributed by atoms with van der Waals surface area (Å²) in [4.78, 5) is 15.0. The predicted octanol–water partition coefficient (Wildman–Crippen LogP) is 6.60. The lowest BCUT2D eigenvalue weighted by atomic mass is 9.97. The van der Waals surface area contributed by atoms with Crippen molar-refractivity contribution in [3.05, 3.63) is 35.9 Å². The molecule has 1 aromatic rings. The normalized spacial score (nSPS) is 20.8. The van der Waals surface area contributed by atoms with Gasteiger partial charge in [0.1, 0.15) is 11.3 Å². The van der Waals surface area contributed by atoms with E-state index >= 15 is 0 Å². The molecule has 0 spiro atoms. The second-order valence-corrected chi connectivity index (χ2v) is 17.3. The molecule has 7 heteroatoms. The van der Waals surface area contributed by atoms with Gasteiger partial charge in [-0.15, -0.1) is 0 Å². The third-order valence-corrected chi connectivity index (χ3v) is 11.3. The van der Waals surface area contributed by atoms with Crippen LogP contribution < -0.4 is 0 Å². The number of rotatable bonds is 8. The molecule has 0 aliphatic carbocycles. The highest BCUT2D eigenvalue weighted by molar-refractivity contribution is 6.74. The quantitative estimate of drug-likeness (QED) is 0.382. The molecule has 1 amide bonds. The molecule has 194 valence electrons. The summed E-state index contributed by atoms with van der Waals surface area (Å²) in [5.74, 6) is 0.0465. The van der Waals surface area contributed by atoms with Gasteiger partial charge in [-0.3, -0.25) is 4.90 Å². The van der Waals surface area contributed by atoms with Gasteiger partial charge in [0.25, 0.3) is 0 Å². The molecule has 0 aromatic heterocycles. The van der Waals surface area contributed by atoms with Crippen LogP contribution >= 0.6 is 0 Å². The Morgan fingerprint density at radius 3 is 2.26 bits per heavy atom. The van der Waals surface area contributed by atoms with Crippen LogP contribution in [0.3, 0.4) is 0 Å². The second-order valence-electron chi connectivity index (χ2n) is 12.5. The smallest absolute Gasteiger partial charge is 0.412 e. The standard InChI is InChI=1S/C27H47NO5Si/c1-20(17-32-34(10,11)26(5,6)7)23(30-18-21-15-13-12-14-16-21)22-19-31-27(8,9)28(22)24(29)33-25(2,3)4/h12-16,20,22-23H,17-19H2,1-11H3/t20-,22+,23-/m1/s1. The van der Waals surface area contributed by atoms with Crippen LogP contribution in [0.2, 0.25) is 18.1 Å². The van der Waals surface area contributed by atoms with Crippen molar-refractivity contribution in [2.24, 2.45) is 5.92 Å². The van der Waals surface area contributed by atoms with E-state index in [1.165, 1.54) is 0 Å². The Labute approximate surface area is 208 Å². The molecule has 1 saturated heterocycles. The summed E-state index contributed by atoms with van der Waals surface area (Å²) in [5.41, 5.74) is -0.300. The van der Waals surface area contributed by atoms with Crippen LogP contribution in [-0.4, -0.2) is 56.0 Å². The van der Waals surface area contributed by atoms with E-state index in [4.69, 9.17) is 18.6 Å². The molecule has 6 nitrogen and oxygen atoms in total. The Kier molecular flexibility index (Phi) is 9.06. The van der Waals surface area contributed by atoms with Gasteiger partial charge in [0.2, 0.25) is 0 Å². The zero-order valence-electron chi connectivity index (χ0n) is 23.2. The summed E-state index contributed by atoms with van der Waals surface area (Å²) >= 11 is 0. The fraction of sp³-hybridized carbons (Fsp3) is 0.741. The van der Waals surface area contributed by atoms with Crippen molar-refractivity contribution < 1.29 is 23.4 Å². The van der Waals surface area contributed by atoms with Crippen molar-refractivity contribution in [1.82, 2.24) is 4.90 Å². The molecule has 0 saturated carbocycles. The number of hydrogen-bond donors (Lipinski definition) is 0. The molecule has 0 radical (unpaired) electrons. The minimum atomic E-state index is -1.93. The van der Waals surface area contributed by atoms with E-state index in [1.807, 2.05) is 52.8 Å². The van der Waals surface area contributed by atoms with Crippen molar-refractivity contribution in [3.8, 4) is 0 Å². The highest BCUT2D eigenvalue weighted by atomic mass is 28.4.